The van der Waals surface area contributed by atoms with Crippen molar-refractivity contribution < 1.29 is 34.4 Å². The fourth-order valence-electron chi connectivity index (χ4n) is 7.82. The molecular formula is C53H106O7. The molecule has 0 fully saturated rings. The van der Waals surface area contributed by atoms with Gasteiger partial charge in [0.05, 0.1) is 13.2 Å². The standard InChI is InChI=1S/C32H64O2.C21H42O5/c1-3-5-7-9-11-13-15-17-19-21-23-25-27-29-31-34-32(33)30-28-26-24-22-20-18-16-14-12-10-8-6-4-2;1-2-3-4-5-6-7-8-9-10-11-12-13-14-15-16-20(24)21(25)26-18-19(23)17-22/h3-31H2,1-2H3;19-20,22-24H,2-18H2,1H3. The Hall–Kier alpha value is -1.18. The number of ether oxygens (including phenoxy) is 2. The van der Waals surface area contributed by atoms with E-state index in [1.807, 2.05) is 0 Å². The highest BCUT2D eigenvalue weighted by Crippen LogP contribution is 2.16. The third-order valence-corrected chi connectivity index (χ3v) is 12.0. The molecule has 0 aliphatic carbocycles. The van der Waals surface area contributed by atoms with E-state index in [-0.39, 0.29) is 12.6 Å². The van der Waals surface area contributed by atoms with E-state index in [0.717, 1.165) is 32.1 Å². The summed E-state index contributed by atoms with van der Waals surface area (Å²) in [5.74, 6) is -0.690. The van der Waals surface area contributed by atoms with Crippen LogP contribution in [0.5, 0.6) is 0 Å². The van der Waals surface area contributed by atoms with E-state index < -0.39 is 24.8 Å². The third-order valence-electron chi connectivity index (χ3n) is 12.0. The second-order valence-corrected chi connectivity index (χ2v) is 18.2. The molecule has 0 amide bonds. The quantitative estimate of drug-likeness (QED) is 0.0413. The molecule has 0 aromatic rings. The molecule has 0 aromatic carbocycles. The Balaban J connectivity index is 0. The smallest absolute Gasteiger partial charge is 0.335 e. The summed E-state index contributed by atoms with van der Waals surface area (Å²) in [5, 5.41) is 27.4. The lowest BCUT2D eigenvalue weighted by Gasteiger charge is -2.12. The number of hydrogen-bond donors (Lipinski definition) is 3. The minimum atomic E-state index is -1.13. The Morgan fingerprint density at radius 1 is 0.383 bits per heavy atom. The predicted octanol–water partition coefficient (Wildman–Crippen LogP) is 15.6. The molecule has 3 N–H and O–H groups in total. The van der Waals surface area contributed by atoms with Crippen molar-refractivity contribution in [1.29, 1.82) is 0 Å². The lowest BCUT2D eigenvalue weighted by Crippen LogP contribution is -2.28. The van der Waals surface area contributed by atoms with E-state index in [9.17, 15) is 14.7 Å². The zero-order chi connectivity index (χ0) is 44.3. The topological polar surface area (TPSA) is 113 Å². The highest BCUT2D eigenvalue weighted by Gasteiger charge is 2.17. The van der Waals surface area contributed by atoms with E-state index in [1.54, 1.807) is 0 Å². The molecule has 0 spiro atoms. The Labute approximate surface area is 374 Å². The van der Waals surface area contributed by atoms with Crippen LogP contribution in [0, 0.1) is 0 Å². The number of rotatable bonds is 48. The summed E-state index contributed by atoms with van der Waals surface area (Å²) in [7, 11) is 0. The number of carbonyl (C=O) groups is 2. The summed E-state index contributed by atoms with van der Waals surface area (Å²) in [6.07, 6.45) is 53.1. The Morgan fingerprint density at radius 2 is 0.667 bits per heavy atom. The van der Waals surface area contributed by atoms with Crippen LogP contribution >= 0.6 is 0 Å². The van der Waals surface area contributed by atoms with Gasteiger partial charge in [-0.3, -0.25) is 4.79 Å². The molecular weight excluding hydrogens is 749 g/mol. The molecule has 0 saturated heterocycles. The van der Waals surface area contributed by atoms with Gasteiger partial charge in [-0.05, 0) is 19.3 Å². The summed E-state index contributed by atoms with van der Waals surface area (Å²) in [6, 6.07) is 0. The molecule has 0 heterocycles. The van der Waals surface area contributed by atoms with Gasteiger partial charge in [0.25, 0.3) is 0 Å². The van der Waals surface area contributed by atoms with Gasteiger partial charge in [0.1, 0.15) is 12.7 Å². The molecule has 2 unspecified atom stereocenters. The SMILES string of the molecule is CCCCCCCCCCCCCCCCC(O)C(=O)OCC(O)CO.CCCCCCCCCCCCCCCCOC(=O)CCCCCCCCCCCCCCC. The maximum Gasteiger partial charge on any atom is 0.335 e. The number of esters is 2. The summed E-state index contributed by atoms with van der Waals surface area (Å²) < 4.78 is 10.1. The number of unbranched alkanes of at least 4 members (excludes halogenated alkanes) is 38. The van der Waals surface area contributed by atoms with Crippen molar-refractivity contribution in [3.8, 4) is 0 Å². The molecule has 60 heavy (non-hydrogen) atoms. The molecule has 2 atom stereocenters. The lowest BCUT2D eigenvalue weighted by atomic mass is 10.0. The summed E-state index contributed by atoms with van der Waals surface area (Å²) in [5.41, 5.74) is 0. The van der Waals surface area contributed by atoms with Crippen LogP contribution in [0.15, 0.2) is 0 Å². The van der Waals surface area contributed by atoms with Crippen LogP contribution in [-0.2, 0) is 19.1 Å². The van der Waals surface area contributed by atoms with Crippen LogP contribution in [0.2, 0.25) is 0 Å². The maximum atomic E-state index is 11.9. The van der Waals surface area contributed by atoms with Crippen LogP contribution in [0.3, 0.4) is 0 Å². The number of aliphatic hydroxyl groups excluding tert-OH is 3. The van der Waals surface area contributed by atoms with Crippen LogP contribution < -0.4 is 0 Å². The molecule has 7 nitrogen and oxygen atoms in total. The van der Waals surface area contributed by atoms with Crippen molar-refractivity contribution >= 4 is 11.9 Å². The molecule has 0 rings (SSSR count). The van der Waals surface area contributed by atoms with Crippen LogP contribution in [0.4, 0.5) is 0 Å². The maximum absolute atomic E-state index is 11.9. The second-order valence-electron chi connectivity index (χ2n) is 18.2. The van der Waals surface area contributed by atoms with Crippen molar-refractivity contribution in [3.63, 3.8) is 0 Å². The molecule has 0 bridgehead atoms. The molecule has 0 saturated carbocycles. The van der Waals surface area contributed by atoms with Crippen LogP contribution in [0.1, 0.15) is 297 Å². The monoisotopic (exact) mass is 855 g/mol. The van der Waals surface area contributed by atoms with Gasteiger partial charge in [-0.15, -0.1) is 0 Å². The Kier molecular flexibility index (Phi) is 54.8. The zero-order valence-corrected chi connectivity index (χ0v) is 40.7. The van der Waals surface area contributed by atoms with Gasteiger partial charge in [-0.1, -0.05) is 271 Å². The number of hydrogen-bond acceptors (Lipinski definition) is 7. The molecule has 7 heteroatoms. The molecule has 360 valence electrons. The predicted molar refractivity (Wildman–Crippen MR) is 257 cm³/mol. The van der Waals surface area contributed by atoms with Crippen molar-refractivity contribution in [1.82, 2.24) is 0 Å². The Bertz CT molecular complexity index is 821. The minimum absolute atomic E-state index is 0.0257. The molecule has 0 aromatic heterocycles. The lowest BCUT2D eigenvalue weighted by molar-refractivity contribution is -0.157. The minimum Gasteiger partial charge on any atom is -0.466 e. The van der Waals surface area contributed by atoms with Gasteiger partial charge in [-0.2, -0.15) is 0 Å². The first-order valence-electron chi connectivity index (χ1n) is 26.7. The summed E-state index contributed by atoms with van der Waals surface area (Å²) >= 11 is 0. The van der Waals surface area contributed by atoms with Crippen LogP contribution in [0.25, 0.3) is 0 Å². The summed E-state index contributed by atoms with van der Waals surface area (Å²) in [4.78, 5) is 23.3. The van der Waals surface area contributed by atoms with E-state index in [4.69, 9.17) is 19.7 Å². The van der Waals surface area contributed by atoms with Gasteiger partial charge in [0, 0.05) is 6.42 Å². The van der Waals surface area contributed by atoms with Crippen LogP contribution in [-0.4, -0.2) is 59.3 Å². The van der Waals surface area contributed by atoms with Crippen molar-refractivity contribution in [3.05, 3.63) is 0 Å². The number of aliphatic hydroxyl groups is 3. The first-order valence-corrected chi connectivity index (χ1v) is 26.7. The summed E-state index contributed by atoms with van der Waals surface area (Å²) in [6.45, 7) is 6.73. The van der Waals surface area contributed by atoms with E-state index >= 15 is 0 Å². The third kappa shape index (κ3) is 53.0. The first-order chi connectivity index (χ1) is 29.4. The normalized spacial score (nSPS) is 12.2. The van der Waals surface area contributed by atoms with Crippen molar-refractivity contribution in [2.75, 3.05) is 19.8 Å². The van der Waals surface area contributed by atoms with Gasteiger partial charge in [-0.25, -0.2) is 4.79 Å². The van der Waals surface area contributed by atoms with Gasteiger partial charge in [0.15, 0.2) is 6.10 Å². The largest absolute Gasteiger partial charge is 0.466 e. The highest BCUT2D eigenvalue weighted by atomic mass is 16.6. The average Bonchev–Trinajstić information content (AvgIpc) is 3.25. The fourth-order valence-corrected chi connectivity index (χ4v) is 7.82. The highest BCUT2D eigenvalue weighted by molar-refractivity contribution is 5.74. The molecule has 0 radical (unpaired) electrons. The second kappa shape index (κ2) is 54.0. The fraction of sp³-hybridized carbons (Fsp3) is 0.962. The van der Waals surface area contributed by atoms with Gasteiger partial charge >= 0.3 is 11.9 Å². The Morgan fingerprint density at radius 3 is 0.983 bits per heavy atom. The van der Waals surface area contributed by atoms with E-state index in [2.05, 4.69) is 20.8 Å². The first kappa shape index (κ1) is 60.9. The van der Waals surface area contributed by atoms with Gasteiger partial charge in [0.2, 0.25) is 0 Å². The molecule has 0 aliphatic heterocycles. The van der Waals surface area contributed by atoms with Crippen molar-refractivity contribution in [2.45, 2.75) is 309 Å². The van der Waals surface area contributed by atoms with E-state index in [0.29, 0.717) is 19.4 Å². The zero-order valence-electron chi connectivity index (χ0n) is 40.7. The van der Waals surface area contributed by atoms with Crippen molar-refractivity contribution in [2.24, 2.45) is 0 Å². The number of carbonyl (C=O) groups excluding carboxylic acids is 2. The average molecular weight is 855 g/mol. The molecule has 0 aliphatic rings. The van der Waals surface area contributed by atoms with E-state index in [1.165, 1.54) is 231 Å². The van der Waals surface area contributed by atoms with Gasteiger partial charge < -0.3 is 24.8 Å².